The van der Waals surface area contributed by atoms with E-state index in [1.165, 1.54) is 11.1 Å². The fourth-order valence-corrected chi connectivity index (χ4v) is 2.24. The number of hydroxylamine groups is 2. The molecular weight excluding hydrogens is 266 g/mol. The molecule has 0 saturated carbocycles. The average Bonchev–Trinajstić information content (AvgIpc) is 2.87. The Balaban J connectivity index is 2.15. The van der Waals surface area contributed by atoms with Crippen molar-refractivity contribution >= 4 is 12.1 Å². The summed E-state index contributed by atoms with van der Waals surface area (Å²) in [4.78, 5) is 10.7. The van der Waals surface area contributed by atoms with Gasteiger partial charge < -0.3 is 10.3 Å². The molecule has 2 amide bonds. The van der Waals surface area contributed by atoms with E-state index in [1.54, 1.807) is 6.08 Å². The van der Waals surface area contributed by atoms with Gasteiger partial charge in [0.1, 0.15) is 0 Å². The van der Waals surface area contributed by atoms with Crippen molar-refractivity contribution in [3.05, 3.63) is 59.4 Å². The molecule has 0 radical (unpaired) electrons. The van der Waals surface area contributed by atoms with Crippen molar-refractivity contribution in [2.45, 2.75) is 13.8 Å². The number of carbonyl (C=O) groups excluding carboxylic acids is 1. The van der Waals surface area contributed by atoms with Crippen molar-refractivity contribution < 1.29 is 10.0 Å². The van der Waals surface area contributed by atoms with Crippen LogP contribution in [-0.4, -0.2) is 27.4 Å². The van der Waals surface area contributed by atoms with Gasteiger partial charge in [-0.25, -0.2) is 9.86 Å². The Morgan fingerprint density at radius 2 is 2.00 bits per heavy atom. The predicted molar refractivity (Wildman–Crippen MR) is 82.4 cm³/mol. The fourth-order valence-electron chi connectivity index (χ4n) is 2.24. The SMILES string of the molecule is Cc1cccc(C)c1-n1ccc(/C=C/CN(O)C(N)=O)c1. The molecule has 0 fully saturated rings. The summed E-state index contributed by atoms with van der Waals surface area (Å²) in [6.45, 7) is 4.21. The van der Waals surface area contributed by atoms with Gasteiger partial charge in [-0.3, -0.25) is 5.21 Å². The second kappa shape index (κ2) is 6.28. The number of nitrogens with zero attached hydrogens (tertiary/aromatic N) is 2. The summed E-state index contributed by atoms with van der Waals surface area (Å²) in [5.74, 6) is 0. The number of hydrogen-bond acceptors (Lipinski definition) is 2. The standard InChI is InChI=1S/C16H19N3O2/c1-12-5-3-6-13(2)15(12)18-10-8-14(11-18)7-4-9-19(21)16(17)20/h3-8,10-11,21H,9H2,1-2H3,(H2,17,20)/b7-4+. The molecule has 1 heterocycles. The van der Waals surface area contributed by atoms with E-state index in [1.807, 2.05) is 30.6 Å². The normalized spacial score (nSPS) is 11.0. The summed E-state index contributed by atoms with van der Waals surface area (Å²) in [6, 6.07) is 7.29. The summed E-state index contributed by atoms with van der Waals surface area (Å²) < 4.78 is 2.06. The lowest BCUT2D eigenvalue weighted by molar-refractivity contribution is -0.0286. The zero-order valence-corrected chi connectivity index (χ0v) is 12.2. The number of amides is 2. The lowest BCUT2D eigenvalue weighted by Gasteiger charge is -2.10. The third-order valence-electron chi connectivity index (χ3n) is 3.26. The maximum Gasteiger partial charge on any atom is 0.338 e. The highest BCUT2D eigenvalue weighted by Crippen LogP contribution is 2.20. The van der Waals surface area contributed by atoms with Crippen molar-refractivity contribution in [3.63, 3.8) is 0 Å². The second-order valence-electron chi connectivity index (χ2n) is 4.92. The van der Waals surface area contributed by atoms with Gasteiger partial charge >= 0.3 is 6.03 Å². The number of para-hydroxylation sites is 1. The minimum atomic E-state index is -0.868. The van der Waals surface area contributed by atoms with Crippen LogP contribution in [0.25, 0.3) is 11.8 Å². The maximum atomic E-state index is 10.7. The molecule has 0 aliphatic carbocycles. The van der Waals surface area contributed by atoms with E-state index in [-0.39, 0.29) is 6.54 Å². The van der Waals surface area contributed by atoms with Crippen molar-refractivity contribution in [2.24, 2.45) is 5.73 Å². The molecule has 21 heavy (non-hydrogen) atoms. The second-order valence-corrected chi connectivity index (χ2v) is 4.92. The minimum Gasteiger partial charge on any atom is -0.350 e. The monoisotopic (exact) mass is 285 g/mol. The van der Waals surface area contributed by atoms with Crippen LogP contribution in [0, 0.1) is 13.8 Å². The Kier molecular flexibility index (Phi) is 4.45. The molecule has 3 N–H and O–H groups in total. The molecule has 0 aliphatic heterocycles. The topological polar surface area (TPSA) is 71.5 Å². The smallest absolute Gasteiger partial charge is 0.338 e. The third-order valence-corrected chi connectivity index (χ3v) is 3.26. The lowest BCUT2D eigenvalue weighted by Crippen LogP contribution is -2.32. The van der Waals surface area contributed by atoms with Gasteiger partial charge in [-0.2, -0.15) is 0 Å². The van der Waals surface area contributed by atoms with Gasteiger partial charge in [0.05, 0.1) is 12.2 Å². The maximum absolute atomic E-state index is 10.7. The van der Waals surface area contributed by atoms with Crippen molar-refractivity contribution in [1.29, 1.82) is 0 Å². The highest BCUT2D eigenvalue weighted by atomic mass is 16.5. The number of nitrogens with two attached hydrogens (primary N) is 1. The number of aromatic nitrogens is 1. The molecule has 5 heteroatoms. The predicted octanol–water partition coefficient (Wildman–Crippen LogP) is 2.88. The summed E-state index contributed by atoms with van der Waals surface area (Å²) in [5.41, 5.74) is 9.48. The molecular formula is C16H19N3O2. The van der Waals surface area contributed by atoms with Crippen LogP contribution >= 0.6 is 0 Å². The van der Waals surface area contributed by atoms with Crippen LogP contribution in [0.1, 0.15) is 16.7 Å². The highest BCUT2D eigenvalue weighted by Gasteiger charge is 2.05. The number of urea groups is 1. The molecule has 0 aliphatic rings. The van der Waals surface area contributed by atoms with Gasteiger partial charge in [0.2, 0.25) is 0 Å². The van der Waals surface area contributed by atoms with Crippen LogP contribution in [0.3, 0.4) is 0 Å². The first kappa shape index (κ1) is 14.9. The van der Waals surface area contributed by atoms with E-state index in [0.29, 0.717) is 5.06 Å². The molecule has 110 valence electrons. The molecule has 5 nitrogen and oxygen atoms in total. The lowest BCUT2D eigenvalue weighted by atomic mass is 10.1. The number of aryl methyl sites for hydroxylation is 2. The van der Waals surface area contributed by atoms with Crippen LogP contribution in [0.5, 0.6) is 0 Å². The largest absolute Gasteiger partial charge is 0.350 e. The number of rotatable bonds is 4. The van der Waals surface area contributed by atoms with E-state index >= 15 is 0 Å². The average molecular weight is 285 g/mol. The summed E-state index contributed by atoms with van der Waals surface area (Å²) in [5, 5.41) is 9.62. The highest BCUT2D eigenvalue weighted by molar-refractivity contribution is 5.70. The van der Waals surface area contributed by atoms with Crippen LogP contribution in [0.2, 0.25) is 0 Å². The molecule has 2 aromatic rings. The Bertz CT molecular complexity index is 654. The minimum absolute atomic E-state index is 0.0594. The van der Waals surface area contributed by atoms with Gasteiger partial charge in [-0.15, -0.1) is 0 Å². The van der Waals surface area contributed by atoms with Crippen molar-refractivity contribution in [1.82, 2.24) is 9.63 Å². The van der Waals surface area contributed by atoms with E-state index < -0.39 is 6.03 Å². The van der Waals surface area contributed by atoms with Gasteiger partial charge in [0.25, 0.3) is 0 Å². The van der Waals surface area contributed by atoms with Crippen molar-refractivity contribution in [2.75, 3.05) is 6.54 Å². The van der Waals surface area contributed by atoms with E-state index in [4.69, 9.17) is 10.9 Å². The van der Waals surface area contributed by atoms with Gasteiger partial charge in [-0.05, 0) is 36.6 Å². The van der Waals surface area contributed by atoms with Crippen LogP contribution in [-0.2, 0) is 0 Å². The van der Waals surface area contributed by atoms with E-state index in [9.17, 15) is 4.79 Å². The van der Waals surface area contributed by atoms with Gasteiger partial charge in [0.15, 0.2) is 0 Å². The molecule has 0 atom stereocenters. The summed E-state index contributed by atoms with van der Waals surface area (Å²) >= 11 is 0. The zero-order valence-electron chi connectivity index (χ0n) is 12.2. The first-order chi connectivity index (χ1) is 9.99. The molecule has 1 aromatic heterocycles. The number of hydrogen-bond donors (Lipinski definition) is 2. The van der Waals surface area contributed by atoms with E-state index in [2.05, 4.69) is 30.5 Å². The Labute approximate surface area is 123 Å². The molecule has 0 bridgehead atoms. The molecule has 2 rings (SSSR count). The molecule has 0 unspecified atom stereocenters. The quantitative estimate of drug-likeness (QED) is 0.669. The third kappa shape index (κ3) is 3.52. The molecule has 0 saturated heterocycles. The van der Waals surface area contributed by atoms with Gasteiger partial charge in [-0.1, -0.05) is 30.4 Å². The van der Waals surface area contributed by atoms with Crippen LogP contribution < -0.4 is 5.73 Å². The summed E-state index contributed by atoms with van der Waals surface area (Å²) in [6.07, 6.45) is 7.49. The Morgan fingerprint density at radius 1 is 1.33 bits per heavy atom. The number of benzene rings is 1. The molecule has 1 aromatic carbocycles. The molecule has 0 spiro atoms. The van der Waals surface area contributed by atoms with Crippen LogP contribution in [0.15, 0.2) is 42.7 Å². The first-order valence-electron chi connectivity index (χ1n) is 6.66. The zero-order chi connectivity index (χ0) is 15.4. The summed E-state index contributed by atoms with van der Waals surface area (Å²) in [7, 11) is 0. The number of carbonyl (C=O) groups is 1. The Morgan fingerprint density at radius 3 is 2.62 bits per heavy atom. The van der Waals surface area contributed by atoms with Crippen molar-refractivity contribution in [3.8, 4) is 5.69 Å². The van der Waals surface area contributed by atoms with Gasteiger partial charge in [0, 0.05) is 12.4 Å². The number of primary amides is 1. The first-order valence-corrected chi connectivity index (χ1v) is 6.66. The van der Waals surface area contributed by atoms with Crippen LogP contribution in [0.4, 0.5) is 4.79 Å². The fraction of sp³-hybridized carbons (Fsp3) is 0.188. The van der Waals surface area contributed by atoms with E-state index in [0.717, 1.165) is 11.3 Å². The Hall–Kier alpha value is -2.53.